The summed E-state index contributed by atoms with van der Waals surface area (Å²) in [5, 5.41) is 0. The van der Waals surface area contributed by atoms with Crippen LogP contribution in [0.15, 0.2) is 22.7 Å². The van der Waals surface area contributed by atoms with E-state index < -0.39 is 5.60 Å². The smallest absolute Gasteiger partial charge is 0.409 e. The van der Waals surface area contributed by atoms with Gasteiger partial charge in [0.25, 0.3) is 0 Å². The first kappa shape index (κ1) is 17.3. The number of likely N-dealkylation sites (tertiary alicyclic amines) is 1. The Hall–Kier alpha value is -1.56. The van der Waals surface area contributed by atoms with Crippen LogP contribution < -0.4 is 4.74 Å². The van der Waals surface area contributed by atoms with Crippen LogP contribution in [0.2, 0.25) is 0 Å². The second kappa shape index (κ2) is 6.75. The van der Waals surface area contributed by atoms with Crippen molar-refractivity contribution in [3.63, 3.8) is 0 Å². The van der Waals surface area contributed by atoms with Crippen molar-refractivity contribution >= 4 is 27.8 Å². The number of rotatable bonds is 2. The Balaban J connectivity index is 1.65. The van der Waals surface area contributed by atoms with Crippen LogP contribution in [-0.2, 0) is 4.74 Å². The number of ether oxygens (including phenoxy) is 2. The summed E-state index contributed by atoms with van der Waals surface area (Å²) in [6.45, 7) is 5.55. The minimum absolute atomic E-state index is 0.105. The van der Waals surface area contributed by atoms with E-state index in [0.717, 1.165) is 4.47 Å². The topological polar surface area (TPSA) is 55.8 Å². The summed E-state index contributed by atoms with van der Waals surface area (Å²) in [6, 6.07) is 5.52. The molecule has 0 bridgehead atoms. The summed E-state index contributed by atoms with van der Waals surface area (Å²) in [6.07, 6.45) is 1.38. The number of nitrogens with zero attached hydrogens (tertiary/aromatic N) is 1. The van der Waals surface area contributed by atoms with Crippen LogP contribution in [0, 0.1) is 5.92 Å². The Labute approximate surface area is 150 Å². The molecule has 1 amide bonds. The number of halogens is 1. The largest absolute Gasteiger partial charge is 0.486 e. The highest BCUT2D eigenvalue weighted by molar-refractivity contribution is 9.10. The standard InChI is InChI=1S/C18H22BrNO4/c1-12(2)11-23-17(22)20-7-5-18(6-8-20)10-15(21)14-9-13(19)3-4-16(14)24-18/h3-4,9,12H,5-8,10-11H2,1-2H3. The van der Waals surface area contributed by atoms with Crippen LogP contribution in [0.3, 0.4) is 0 Å². The van der Waals surface area contributed by atoms with Gasteiger partial charge in [0.15, 0.2) is 5.78 Å². The maximum Gasteiger partial charge on any atom is 0.409 e. The molecule has 1 aromatic rings. The highest BCUT2D eigenvalue weighted by atomic mass is 79.9. The van der Waals surface area contributed by atoms with Crippen molar-refractivity contribution in [3.8, 4) is 5.75 Å². The van der Waals surface area contributed by atoms with E-state index in [4.69, 9.17) is 9.47 Å². The first-order valence-electron chi connectivity index (χ1n) is 8.32. The maximum absolute atomic E-state index is 12.5. The third-order valence-corrected chi connectivity index (χ3v) is 5.02. The predicted octanol–water partition coefficient (Wildman–Crippen LogP) is 4.04. The van der Waals surface area contributed by atoms with Gasteiger partial charge in [-0.25, -0.2) is 4.79 Å². The van der Waals surface area contributed by atoms with Crippen molar-refractivity contribution in [2.24, 2.45) is 5.92 Å². The van der Waals surface area contributed by atoms with Crippen molar-refractivity contribution in [2.45, 2.75) is 38.7 Å². The lowest BCUT2D eigenvalue weighted by molar-refractivity contribution is -0.0100. The van der Waals surface area contributed by atoms with E-state index in [9.17, 15) is 9.59 Å². The molecule has 0 radical (unpaired) electrons. The lowest BCUT2D eigenvalue weighted by Crippen LogP contribution is -2.52. The lowest BCUT2D eigenvalue weighted by Gasteiger charge is -2.43. The predicted molar refractivity (Wildman–Crippen MR) is 93.4 cm³/mol. The zero-order chi connectivity index (χ0) is 17.3. The molecule has 0 unspecified atom stereocenters. The number of fused-ring (bicyclic) bond motifs is 1. The monoisotopic (exact) mass is 395 g/mol. The van der Waals surface area contributed by atoms with Gasteiger partial charge in [0.1, 0.15) is 11.4 Å². The highest BCUT2D eigenvalue weighted by Crippen LogP contribution is 2.40. The van der Waals surface area contributed by atoms with E-state index in [0.29, 0.717) is 56.2 Å². The van der Waals surface area contributed by atoms with Gasteiger partial charge in [-0.2, -0.15) is 0 Å². The molecule has 0 atom stereocenters. The number of Topliss-reactive ketones (excluding diaryl/α,β-unsaturated/α-hetero) is 1. The van der Waals surface area contributed by atoms with Crippen molar-refractivity contribution in [2.75, 3.05) is 19.7 Å². The number of carbonyl (C=O) groups is 2. The number of hydrogen-bond donors (Lipinski definition) is 0. The van der Waals surface area contributed by atoms with Gasteiger partial charge in [-0.3, -0.25) is 4.79 Å². The fourth-order valence-corrected chi connectivity index (χ4v) is 3.53. The number of hydrogen-bond acceptors (Lipinski definition) is 4. The van der Waals surface area contributed by atoms with Gasteiger partial charge in [0.2, 0.25) is 0 Å². The molecule has 6 heteroatoms. The Morgan fingerprint density at radius 1 is 1.38 bits per heavy atom. The van der Waals surface area contributed by atoms with Gasteiger partial charge in [0.05, 0.1) is 18.6 Å². The van der Waals surface area contributed by atoms with E-state index in [1.807, 2.05) is 32.0 Å². The van der Waals surface area contributed by atoms with Crippen LogP contribution >= 0.6 is 15.9 Å². The molecule has 0 aliphatic carbocycles. The third-order valence-electron chi connectivity index (χ3n) is 4.52. The van der Waals surface area contributed by atoms with Crippen LogP contribution in [-0.4, -0.2) is 42.1 Å². The summed E-state index contributed by atoms with van der Waals surface area (Å²) in [5.74, 6) is 1.07. The number of amides is 1. The molecule has 2 aliphatic rings. The van der Waals surface area contributed by atoms with Crippen molar-refractivity contribution in [3.05, 3.63) is 28.2 Å². The molecular formula is C18H22BrNO4. The van der Waals surface area contributed by atoms with Crippen LogP contribution in [0.25, 0.3) is 0 Å². The second-order valence-corrected chi connectivity index (χ2v) is 7.90. The van der Waals surface area contributed by atoms with Crippen molar-refractivity contribution in [1.29, 1.82) is 0 Å². The minimum Gasteiger partial charge on any atom is -0.486 e. The molecule has 3 rings (SSSR count). The summed E-state index contributed by atoms with van der Waals surface area (Å²) in [5.41, 5.74) is 0.140. The lowest BCUT2D eigenvalue weighted by atomic mass is 9.82. The Morgan fingerprint density at radius 3 is 2.75 bits per heavy atom. The molecule has 1 spiro atoms. The highest BCUT2D eigenvalue weighted by Gasteiger charge is 2.43. The molecule has 0 saturated carbocycles. The van der Waals surface area contributed by atoms with Gasteiger partial charge in [0, 0.05) is 30.4 Å². The molecule has 1 saturated heterocycles. The number of benzene rings is 1. The first-order valence-corrected chi connectivity index (χ1v) is 9.11. The Bertz CT molecular complexity index is 650. The van der Waals surface area contributed by atoms with Gasteiger partial charge in [-0.15, -0.1) is 0 Å². The molecular weight excluding hydrogens is 374 g/mol. The molecule has 2 heterocycles. The molecule has 130 valence electrons. The molecule has 1 fully saturated rings. The number of ketones is 1. The van der Waals surface area contributed by atoms with Crippen LogP contribution in [0.1, 0.15) is 43.5 Å². The van der Waals surface area contributed by atoms with Gasteiger partial charge >= 0.3 is 6.09 Å². The van der Waals surface area contributed by atoms with E-state index in [1.54, 1.807) is 4.90 Å². The van der Waals surface area contributed by atoms with E-state index in [-0.39, 0.29) is 11.9 Å². The molecule has 0 N–H and O–H groups in total. The fourth-order valence-electron chi connectivity index (χ4n) is 3.17. The zero-order valence-electron chi connectivity index (χ0n) is 14.0. The third kappa shape index (κ3) is 3.58. The normalized spacial score (nSPS) is 19.2. The quantitative estimate of drug-likeness (QED) is 0.757. The number of piperidine rings is 1. The van der Waals surface area contributed by atoms with Crippen LogP contribution in [0.5, 0.6) is 5.75 Å². The molecule has 5 nitrogen and oxygen atoms in total. The summed E-state index contributed by atoms with van der Waals surface area (Å²) >= 11 is 3.39. The summed E-state index contributed by atoms with van der Waals surface area (Å²) < 4.78 is 12.3. The molecule has 2 aliphatic heterocycles. The van der Waals surface area contributed by atoms with Gasteiger partial charge < -0.3 is 14.4 Å². The van der Waals surface area contributed by atoms with Crippen molar-refractivity contribution < 1.29 is 19.1 Å². The van der Waals surface area contributed by atoms with Gasteiger partial charge in [-0.05, 0) is 24.1 Å². The second-order valence-electron chi connectivity index (χ2n) is 6.98. The summed E-state index contributed by atoms with van der Waals surface area (Å²) in [4.78, 5) is 26.3. The summed E-state index contributed by atoms with van der Waals surface area (Å²) in [7, 11) is 0. The van der Waals surface area contributed by atoms with Crippen LogP contribution in [0.4, 0.5) is 4.79 Å². The Kier molecular flexibility index (Phi) is 4.85. The molecule has 24 heavy (non-hydrogen) atoms. The van der Waals surface area contributed by atoms with E-state index >= 15 is 0 Å². The average Bonchev–Trinajstić information content (AvgIpc) is 2.54. The SMILES string of the molecule is CC(C)COC(=O)N1CCC2(CC1)CC(=O)c1cc(Br)ccc1O2. The Morgan fingerprint density at radius 2 is 2.08 bits per heavy atom. The first-order chi connectivity index (χ1) is 11.4. The van der Waals surface area contributed by atoms with E-state index in [2.05, 4.69) is 15.9 Å². The zero-order valence-corrected chi connectivity index (χ0v) is 15.6. The van der Waals surface area contributed by atoms with Crippen molar-refractivity contribution in [1.82, 2.24) is 4.90 Å². The maximum atomic E-state index is 12.5. The molecule has 0 aromatic heterocycles. The minimum atomic E-state index is -0.493. The van der Waals surface area contributed by atoms with E-state index in [1.165, 1.54) is 0 Å². The molecule has 1 aromatic carbocycles. The fraction of sp³-hybridized carbons (Fsp3) is 0.556. The number of carbonyl (C=O) groups excluding carboxylic acids is 2. The van der Waals surface area contributed by atoms with Gasteiger partial charge in [-0.1, -0.05) is 29.8 Å². The average molecular weight is 396 g/mol.